The predicted octanol–water partition coefficient (Wildman–Crippen LogP) is -0.813. The molecule has 0 rings (SSSR count). The third-order valence-electron chi connectivity index (χ3n) is 0.595. The van der Waals surface area contributed by atoms with E-state index in [0.717, 1.165) is 0 Å². The van der Waals surface area contributed by atoms with Crippen molar-refractivity contribution in [2.75, 3.05) is 13.6 Å². The summed E-state index contributed by atoms with van der Waals surface area (Å²) in [4.78, 5) is 10.5. The molecule has 4 nitrogen and oxygen atoms in total. The van der Waals surface area contributed by atoms with Gasteiger partial charge in [-0.25, -0.2) is 0 Å². The molecular weight excluding hydrogens is 138 g/mol. The smallest absolute Gasteiger partial charge is 0.239 e. The number of nitrogens with one attached hydrogen (secondary N) is 3. The molecule has 0 atom stereocenters. The van der Waals surface area contributed by atoms with Gasteiger partial charge in [-0.3, -0.25) is 10.2 Å². The Hall–Kier alpha value is -0.550. The van der Waals surface area contributed by atoms with Crippen LogP contribution in [0.4, 0.5) is 0 Å². The molecule has 0 aliphatic heterocycles. The van der Waals surface area contributed by atoms with Crippen molar-refractivity contribution in [3.05, 3.63) is 0 Å². The molecule has 0 aromatic carbocycles. The Bertz CT molecular complexity index is 125. The first-order valence-corrected chi connectivity index (χ1v) is 2.83. The number of amides is 1. The first kappa shape index (κ1) is 8.45. The Balaban J connectivity index is 3.39. The van der Waals surface area contributed by atoms with Crippen LogP contribution in [0.3, 0.4) is 0 Å². The molecule has 1 amide bonds. The van der Waals surface area contributed by atoms with Crippen molar-refractivity contribution in [1.82, 2.24) is 10.6 Å². The lowest BCUT2D eigenvalue weighted by atomic mass is 10.6. The lowest BCUT2D eigenvalue weighted by molar-refractivity contribution is -0.118. The highest BCUT2D eigenvalue weighted by atomic mass is 32.1. The maximum atomic E-state index is 10.5. The van der Waals surface area contributed by atoms with Crippen LogP contribution in [-0.4, -0.2) is 24.7 Å². The molecule has 5 heteroatoms. The van der Waals surface area contributed by atoms with Gasteiger partial charge in [0, 0.05) is 0 Å². The van der Waals surface area contributed by atoms with E-state index < -0.39 is 0 Å². The molecule has 0 aromatic heterocycles. The Morgan fingerprint density at radius 3 is 2.67 bits per heavy atom. The van der Waals surface area contributed by atoms with Crippen LogP contribution < -0.4 is 10.6 Å². The molecule has 9 heavy (non-hydrogen) atoms. The maximum absolute atomic E-state index is 10.5. The van der Waals surface area contributed by atoms with E-state index in [1.807, 2.05) is 0 Å². The second kappa shape index (κ2) is 4.34. The summed E-state index contributed by atoms with van der Waals surface area (Å²) in [6, 6.07) is 0. The van der Waals surface area contributed by atoms with Crippen LogP contribution in [0.25, 0.3) is 0 Å². The normalized spacial score (nSPS) is 8.67. The minimum atomic E-state index is -0.252. The minimum absolute atomic E-state index is 0.129. The van der Waals surface area contributed by atoms with Gasteiger partial charge in [0.25, 0.3) is 0 Å². The van der Waals surface area contributed by atoms with E-state index in [2.05, 4.69) is 23.3 Å². The largest absolute Gasteiger partial charge is 0.311 e. The molecule has 52 valence electrons. The van der Waals surface area contributed by atoms with Gasteiger partial charge in [-0.2, -0.15) is 0 Å². The highest BCUT2D eigenvalue weighted by Gasteiger charge is 1.96. The predicted molar refractivity (Wildman–Crippen MR) is 38.8 cm³/mol. The second-order valence-electron chi connectivity index (χ2n) is 1.43. The monoisotopic (exact) mass is 147 g/mol. The van der Waals surface area contributed by atoms with Gasteiger partial charge in [-0.05, 0) is 7.05 Å². The molecular formula is C4H9N3OS. The first-order chi connectivity index (χ1) is 4.16. The van der Waals surface area contributed by atoms with Crippen molar-refractivity contribution in [3.8, 4) is 0 Å². The topological polar surface area (TPSA) is 65.0 Å². The van der Waals surface area contributed by atoms with Crippen LogP contribution in [0.5, 0.6) is 0 Å². The number of hydrogen-bond acceptors (Lipinski definition) is 3. The average Bonchev–Trinajstić information content (AvgIpc) is 1.63. The zero-order chi connectivity index (χ0) is 7.28. The molecule has 0 fully saturated rings. The molecule has 3 N–H and O–H groups in total. The van der Waals surface area contributed by atoms with E-state index in [1.165, 1.54) is 0 Å². The van der Waals surface area contributed by atoms with Gasteiger partial charge in [0.1, 0.15) is 0 Å². The molecule has 0 saturated carbocycles. The number of amidine groups is 1. The summed E-state index contributed by atoms with van der Waals surface area (Å²) in [6.07, 6.45) is 0. The highest BCUT2D eigenvalue weighted by Crippen LogP contribution is 1.70. The Labute approximate surface area is 58.9 Å². The number of carbonyl (C=O) groups excluding carboxylic acids is 1. The standard InChI is InChI=1S/C4H9N3OS/c1-6-2-3(8)7-4(5)9/h6H,2H2,1H3,(H3,5,7,8,9). The van der Waals surface area contributed by atoms with E-state index in [0.29, 0.717) is 0 Å². The number of carbonyl (C=O) groups is 1. The zero-order valence-electron chi connectivity index (χ0n) is 5.06. The van der Waals surface area contributed by atoms with E-state index in [-0.39, 0.29) is 17.6 Å². The summed E-state index contributed by atoms with van der Waals surface area (Å²) in [5.41, 5.74) is 0. The molecule has 0 saturated heterocycles. The third kappa shape index (κ3) is 5.32. The lowest BCUT2D eigenvalue weighted by Crippen LogP contribution is -2.33. The van der Waals surface area contributed by atoms with Crippen LogP contribution in [0.15, 0.2) is 0 Å². The number of likely N-dealkylation sites (N-methyl/N-ethyl adjacent to an activating group) is 1. The SMILES string of the molecule is CNCC(=O)NC(=N)S. The Morgan fingerprint density at radius 1 is 1.78 bits per heavy atom. The van der Waals surface area contributed by atoms with Crippen molar-refractivity contribution >= 4 is 23.7 Å². The van der Waals surface area contributed by atoms with Crippen LogP contribution in [0.1, 0.15) is 0 Å². The van der Waals surface area contributed by atoms with Crippen molar-refractivity contribution in [3.63, 3.8) is 0 Å². The molecule has 0 heterocycles. The Morgan fingerprint density at radius 2 is 2.33 bits per heavy atom. The third-order valence-corrected chi connectivity index (χ3v) is 0.707. The average molecular weight is 147 g/mol. The summed E-state index contributed by atoms with van der Waals surface area (Å²) in [5.74, 6) is -0.252. The first-order valence-electron chi connectivity index (χ1n) is 2.38. The summed E-state index contributed by atoms with van der Waals surface area (Å²) >= 11 is 3.55. The molecule has 0 aliphatic carbocycles. The van der Waals surface area contributed by atoms with Gasteiger partial charge < -0.3 is 10.6 Å². The van der Waals surface area contributed by atoms with Crippen molar-refractivity contribution in [2.24, 2.45) is 0 Å². The molecule has 0 unspecified atom stereocenters. The fourth-order valence-corrected chi connectivity index (χ4v) is 0.462. The molecule has 0 radical (unpaired) electrons. The van der Waals surface area contributed by atoms with Gasteiger partial charge >= 0.3 is 0 Å². The van der Waals surface area contributed by atoms with E-state index in [9.17, 15) is 4.79 Å². The molecule has 0 spiro atoms. The molecule has 0 aromatic rings. The van der Waals surface area contributed by atoms with Crippen LogP contribution in [0, 0.1) is 5.41 Å². The molecule has 0 bridgehead atoms. The summed E-state index contributed by atoms with van der Waals surface area (Å²) in [7, 11) is 1.65. The number of rotatable bonds is 2. The van der Waals surface area contributed by atoms with Crippen molar-refractivity contribution in [1.29, 1.82) is 5.41 Å². The molecule has 0 aliphatic rings. The van der Waals surface area contributed by atoms with E-state index in [4.69, 9.17) is 5.41 Å². The number of hydrogen-bond donors (Lipinski definition) is 4. The van der Waals surface area contributed by atoms with Gasteiger partial charge in [0.05, 0.1) is 6.54 Å². The number of thiol groups is 1. The van der Waals surface area contributed by atoms with Crippen molar-refractivity contribution < 1.29 is 4.79 Å². The summed E-state index contributed by atoms with van der Waals surface area (Å²) < 4.78 is 0. The van der Waals surface area contributed by atoms with Gasteiger partial charge in [0.2, 0.25) is 5.91 Å². The van der Waals surface area contributed by atoms with Crippen LogP contribution in [-0.2, 0) is 4.79 Å². The van der Waals surface area contributed by atoms with Gasteiger partial charge in [0.15, 0.2) is 5.17 Å². The highest BCUT2D eigenvalue weighted by molar-refractivity contribution is 7.96. The quantitative estimate of drug-likeness (QED) is 0.234. The van der Waals surface area contributed by atoms with Crippen LogP contribution in [0.2, 0.25) is 0 Å². The fraction of sp³-hybridized carbons (Fsp3) is 0.500. The summed E-state index contributed by atoms with van der Waals surface area (Å²) in [6.45, 7) is 0.211. The van der Waals surface area contributed by atoms with Gasteiger partial charge in [-0.1, -0.05) is 0 Å². The van der Waals surface area contributed by atoms with E-state index in [1.54, 1.807) is 7.05 Å². The van der Waals surface area contributed by atoms with Crippen molar-refractivity contribution in [2.45, 2.75) is 0 Å². The zero-order valence-corrected chi connectivity index (χ0v) is 5.96. The van der Waals surface area contributed by atoms with Crippen LogP contribution >= 0.6 is 12.6 Å². The lowest BCUT2D eigenvalue weighted by Gasteiger charge is -1.98. The minimum Gasteiger partial charge on any atom is -0.311 e. The fourth-order valence-electron chi connectivity index (χ4n) is 0.337. The van der Waals surface area contributed by atoms with E-state index >= 15 is 0 Å². The summed E-state index contributed by atoms with van der Waals surface area (Å²) in [5, 5.41) is 11.4. The second-order valence-corrected chi connectivity index (χ2v) is 1.87. The maximum Gasteiger partial charge on any atom is 0.239 e. The Kier molecular flexibility index (Phi) is 4.08. The van der Waals surface area contributed by atoms with Gasteiger partial charge in [-0.15, -0.1) is 12.6 Å².